The van der Waals surface area contributed by atoms with Crippen molar-refractivity contribution in [2.75, 3.05) is 0 Å². The summed E-state index contributed by atoms with van der Waals surface area (Å²) >= 11 is 0. The number of carboxylic acids is 2. The highest BCUT2D eigenvalue weighted by Gasteiger charge is 2.08. The average molecular weight is 334 g/mol. The highest BCUT2D eigenvalue weighted by molar-refractivity contribution is 5.94. The number of hydrogen-bond donors (Lipinski definition) is 2. The monoisotopic (exact) mass is 334 g/mol. The van der Waals surface area contributed by atoms with Crippen LogP contribution in [0.4, 0.5) is 0 Å². The Labute approximate surface area is 145 Å². The van der Waals surface area contributed by atoms with Crippen molar-refractivity contribution in [2.45, 2.75) is 66.2 Å². The Morgan fingerprint density at radius 2 is 1.21 bits per heavy atom. The highest BCUT2D eigenvalue weighted by atomic mass is 16.4. The van der Waals surface area contributed by atoms with Crippen LogP contribution in [0, 0.1) is 0 Å². The molecule has 0 fully saturated rings. The van der Waals surface area contributed by atoms with Gasteiger partial charge in [-0.15, -0.1) is 0 Å². The van der Waals surface area contributed by atoms with Gasteiger partial charge in [0.05, 0.1) is 0 Å². The Bertz CT molecular complexity index is 544. The second-order valence-electron chi connectivity index (χ2n) is 6.31. The Balaban J connectivity index is 4.25. The van der Waals surface area contributed by atoms with E-state index in [4.69, 9.17) is 10.2 Å². The third-order valence-corrected chi connectivity index (χ3v) is 3.60. The third kappa shape index (κ3) is 12.4. The molecule has 0 aromatic rings. The van der Waals surface area contributed by atoms with E-state index in [1.54, 1.807) is 0 Å². The molecule has 2 N–H and O–H groups in total. The first kappa shape index (κ1) is 21.9. The molecule has 0 rings (SSSR count). The summed E-state index contributed by atoms with van der Waals surface area (Å²) in [5.41, 5.74) is 3.86. The molecule has 0 unspecified atom stereocenters. The van der Waals surface area contributed by atoms with Crippen molar-refractivity contribution in [3.05, 3.63) is 46.6 Å². The fraction of sp³-hybridized carbons (Fsp3) is 0.500. The topological polar surface area (TPSA) is 74.6 Å². The van der Waals surface area contributed by atoms with E-state index in [1.807, 2.05) is 13.0 Å². The van der Waals surface area contributed by atoms with Gasteiger partial charge in [-0.3, -0.25) is 0 Å². The van der Waals surface area contributed by atoms with Gasteiger partial charge in [-0.1, -0.05) is 34.9 Å². The molecule has 0 aliphatic heterocycles. The van der Waals surface area contributed by atoms with Gasteiger partial charge < -0.3 is 10.2 Å². The molecule has 0 aromatic carbocycles. The van der Waals surface area contributed by atoms with Crippen LogP contribution >= 0.6 is 0 Å². The first-order valence-corrected chi connectivity index (χ1v) is 8.33. The summed E-state index contributed by atoms with van der Waals surface area (Å²) in [7, 11) is 0. The van der Waals surface area contributed by atoms with E-state index in [1.165, 1.54) is 16.7 Å². The Morgan fingerprint density at radius 1 is 0.750 bits per heavy atom. The summed E-state index contributed by atoms with van der Waals surface area (Å²) in [5.74, 6) is -2.39. The van der Waals surface area contributed by atoms with Crippen molar-refractivity contribution in [2.24, 2.45) is 0 Å². The van der Waals surface area contributed by atoms with Crippen molar-refractivity contribution in [3.8, 4) is 0 Å². The number of carboxylic acid groups (broad SMARTS) is 2. The molecule has 24 heavy (non-hydrogen) atoms. The predicted molar refractivity (Wildman–Crippen MR) is 98.0 cm³/mol. The van der Waals surface area contributed by atoms with Gasteiger partial charge >= 0.3 is 11.9 Å². The zero-order chi connectivity index (χ0) is 18.5. The minimum Gasteiger partial charge on any atom is -0.478 e. The molecular formula is C20H30O4. The van der Waals surface area contributed by atoms with E-state index >= 15 is 0 Å². The van der Waals surface area contributed by atoms with E-state index in [0.29, 0.717) is 6.42 Å². The SMILES string of the molecule is CC(C)=CCC/C(C)=C/CC/C(C)=C/CC/C(=C\C(=O)O)C(=O)O. The molecule has 0 heterocycles. The number of aliphatic carboxylic acids is 2. The maximum atomic E-state index is 10.9. The lowest BCUT2D eigenvalue weighted by atomic mass is 10.0. The summed E-state index contributed by atoms with van der Waals surface area (Å²) in [4.78, 5) is 21.5. The van der Waals surface area contributed by atoms with E-state index in [2.05, 4.69) is 32.9 Å². The summed E-state index contributed by atoms with van der Waals surface area (Å²) in [6, 6.07) is 0. The molecule has 0 aliphatic carbocycles. The van der Waals surface area contributed by atoms with Crippen molar-refractivity contribution in [3.63, 3.8) is 0 Å². The smallest absolute Gasteiger partial charge is 0.331 e. The molecule has 134 valence electrons. The molecule has 4 nitrogen and oxygen atoms in total. The lowest BCUT2D eigenvalue weighted by molar-refractivity contribution is -0.135. The summed E-state index contributed by atoms with van der Waals surface area (Å²) in [5, 5.41) is 17.6. The lowest BCUT2D eigenvalue weighted by Crippen LogP contribution is -2.03. The quantitative estimate of drug-likeness (QED) is 0.398. The Kier molecular flexibility index (Phi) is 11.3. The molecule has 0 radical (unpaired) electrons. The number of rotatable bonds is 11. The van der Waals surface area contributed by atoms with Gasteiger partial charge in [0.1, 0.15) is 0 Å². The van der Waals surface area contributed by atoms with Crippen molar-refractivity contribution < 1.29 is 19.8 Å². The van der Waals surface area contributed by atoms with Crippen LogP contribution in [0.15, 0.2) is 46.6 Å². The van der Waals surface area contributed by atoms with Gasteiger partial charge in [0.25, 0.3) is 0 Å². The molecular weight excluding hydrogens is 304 g/mol. The van der Waals surface area contributed by atoms with Gasteiger partial charge in [0.2, 0.25) is 0 Å². The molecule has 0 bridgehead atoms. The van der Waals surface area contributed by atoms with Crippen LogP contribution in [0.1, 0.15) is 66.2 Å². The Hall–Kier alpha value is -2.10. The minimum absolute atomic E-state index is 0.0680. The maximum Gasteiger partial charge on any atom is 0.331 e. The second-order valence-corrected chi connectivity index (χ2v) is 6.31. The molecule has 0 amide bonds. The first-order valence-electron chi connectivity index (χ1n) is 8.33. The van der Waals surface area contributed by atoms with Gasteiger partial charge in [-0.05, 0) is 66.2 Å². The first-order chi connectivity index (χ1) is 11.2. The number of carbonyl (C=O) groups is 2. The van der Waals surface area contributed by atoms with E-state index < -0.39 is 11.9 Å². The fourth-order valence-electron chi connectivity index (χ4n) is 2.20. The van der Waals surface area contributed by atoms with Crippen LogP contribution in [-0.2, 0) is 9.59 Å². The van der Waals surface area contributed by atoms with Gasteiger partial charge in [0.15, 0.2) is 0 Å². The molecule has 0 aliphatic rings. The van der Waals surface area contributed by atoms with E-state index in [0.717, 1.165) is 31.8 Å². The zero-order valence-electron chi connectivity index (χ0n) is 15.3. The molecule has 0 spiro atoms. The standard InChI is InChI=1S/C20H30O4/c1-15(2)8-5-9-16(3)10-6-11-17(4)12-7-13-18(20(23)24)14-19(21)22/h8,10,12,14H,5-7,9,11,13H2,1-4H3,(H,21,22)(H,23,24)/b16-10+,17-12+,18-14+. The predicted octanol–water partition coefficient (Wildman–Crippen LogP) is 5.28. The largest absolute Gasteiger partial charge is 0.478 e. The van der Waals surface area contributed by atoms with Crippen LogP contribution in [0.5, 0.6) is 0 Å². The van der Waals surface area contributed by atoms with Crippen LogP contribution in [0.3, 0.4) is 0 Å². The summed E-state index contributed by atoms with van der Waals surface area (Å²) in [6.07, 6.45) is 12.1. The summed E-state index contributed by atoms with van der Waals surface area (Å²) < 4.78 is 0. The zero-order valence-corrected chi connectivity index (χ0v) is 15.3. The van der Waals surface area contributed by atoms with Gasteiger partial charge in [-0.2, -0.15) is 0 Å². The molecule has 4 heteroatoms. The van der Waals surface area contributed by atoms with Crippen LogP contribution < -0.4 is 0 Å². The number of allylic oxidation sites excluding steroid dienone is 6. The van der Waals surface area contributed by atoms with Crippen molar-refractivity contribution >= 4 is 11.9 Å². The molecule has 0 atom stereocenters. The molecule has 0 saturated heterocycles. The van der Waals surface area contributed by atoms with Gasteiger partial charge in [0, 0.05) is 11.6 Å². The van der Waals surface area contributed by atoms with Crippen molar-refractivity contribution in [1.29, 1.82) is 0 Å². The number of hydrogen-bond acceptors (Lipinski definition) is 2. The normalized spacial score (nSPS) is 12.9. The van der Waals surface area contributed by atoms with Crippen molar-refractivity contribution in [1.82, 2.24) is 0 Å². The van der Waals surface area contributed by atoms with Crippen LogP contribution in [0.25, 0.3) is 0 Å². The van der Waals surface area contributed by atoms with Crippen LogP contribution in [-0.4, -0.2) is 22.2 Å². The molecule has 0 saturated carbocycles. The fourth-order valence-corrected chi connectivity index (χ4v) is 2.20. The third-order valence-electron chi connectivity index (χ3n) is 3.60. The maximum absolute atomic E-state index is 10.9. The molecule has 0 aromatic heterocycles. The second kappa shape index (κ2) is 12.3. The van der Waals surface area contributed by atoms with E-state index in [-0.39, 0.29) is 12.0 Å². The average Bonchev–Trinajstić information content (AvgIpc) is 2.45. The minimum atomic E-state index is -1.22. The van der Waals surface area contributed by atoms with E-state index in [9.17, 15) is 9.59 Å². The van der Waals surface area contributed by atoms with Gasteiger partial charge in [-0.25, -0.2) is 9.59 Å². The summed E-state index contributed by atoms with van der Waals surface area (Å²) in [6.45, 7) is 8.38. The Morgan fingerprint density at radius 3 is 1.62 bits per heavy atom. The highest BCUT2D eigenvalue weighted by Crippen LogP contribution is 2.13. The van der Waals surface area contributed by atoms with Crippen LogP contribution in [0.2, 0.25) is 0 Å². The lowest BCUT2D eigenvalue weighted by Gasteiger charge is -2.02.